The Kier molecular flexibility index (Phi) is 4.26. The summed E-state index contributed by atoms with van der Waals surface area (Å²) in [6.45, 7) is 7.68. The lowest BCUT2D eigenvalue weighted by Gasteiger charge is -2.22. The van der Waals surface area contributed by atoms with E-state index >= 15 is 0 Å². The summed E-state index contributed by atoms with van der Waals surface area (Å²) in [6.07, 6.45) is 3.55. The highest BCUT2D eigenvalue weighted by Crippen LogP contribution is 2.20. The normalized spacial score (nSPS) is 9.68. The van der Waals surface area contributed by atoms with Crippen molar-refractivity contribution in [3.05, 3.63) is 85.1 Å². The van der Waals surface area contributed by atoms with E-state index in [9.17, 15) is 0 Å². The van der Waals surface area contributed by atoms with E-state index in [1.165, 1.54) is 0 Å². The van der Waals surface area contributed by atoms with E-state index in [0.717, 1.165) is 21.8 Å². The van der Waals surface area contributed by atoms with Gasteiger partial charge in [-0.05, 0) is 17.7 Å². The Morgan fingerprint density at radius 3 is 2.21 bits per heavy atom. The number of rotatable bonds is 4. The maximum Gasteiger partial charge on any atom is 0.118 e. The minimum atomic E-state index is 0.719. The van der Waals surface area contributed by atoms with Crippen molar-refractivity contribution < 1.29 is 0 Å². The van der Waals surface area contributed by atoms with Gasteiger partial charge >= 0.3 is 0 Å². The Balaban J connectivity index is 2.42. The number of nitrogens with zero attached hydrogens (tertiary/aromatic N) is 1. The number of para-hydroxylation sites is 1. The van der Waals surface area contributed by atoms with Gasteiger partial charge in [-0.25, -0.2) is 0 Å². The van der Waals surface area contributed by atoms with Crippen LogP contribution in [0.3, 0.4) is 0 Å². The zero-order chi connectivity index (χ0) is 13.7. The molecule has 0 spiro atoms. The number of thiocarbonyl (C=S) groups is 1. The number of hydrogen-bond acceptors (Lipinski definition) is 1. The molecule has 2 heteroatoms. The lowest BCUT2D eigenvalue weighted by molar-refractivity contribution is 1.37. The van der Waals surface area contributed by atoms with Crippen molar-refractivity contribution in [3.8, 4) is 0 Å². The van der Waals surface area contributed by atoms with Crippen LogP contribution in [0.2, 0.25) is 0 Å². The molecule has 0 saturated carbocycles. The van der Waals surface area contributed by atoms with Gasteiger partial charge in [-0.3, -0.25) is 0 Å². The van der Waals surface area contributed by atoms with E-state index in [1.807, 2.05) is 65.6 Å². The first-order chi connectivity index (χ1) is 9.27. The zero-order valence-corrected chi connectivity index (χ0v) is 11.4. The molecule has 0 unspecified atom stereocenters. The van der Waals surface area contributed by atoms with Crippen molar-refractivity contribution >= 4 is 29.0 Å². The van der Waals surface area contributed by atoms with Gasteiger partial charge in [0.05, 0.1) is 0 Å². The molecule has 0 atom stereocenters. The molecule has 0 aliphatic rings. The Hall–Kier alpha value is -2.19. The fraction of sp³-hybridized carbons (Fsp3) is 0. The average molecular weight is 265 g/mol. The first kappa shape index (κ1) is 13.2. The van der Waals surface area contributed by atoms with E-state index in [1.54, 1.807) is 6.20 Å². The summed E-state index contributed by atoms with van der Waals surface area (Å²) in [5.41, 5.74) is 3.01. The third-order valence-electron chi connectivity index (χ3n) is 2.85. The Morgan fingerprint density at radius 2 is 1.58 bits per heavy atom. The van der Waals surface area contributed by atoms with E-state index in [2.05, 4.69) is 13.2 Å². The summed E-state index contributed by atoms with van der Waals surface area (Å²) in [5, 5.41) is 0. The highest BCUT2D eigenvalue weighted by molar-refractivity contribution is 7.81. The standard InChI is InChI=1S/C17H15NS/c1-3-14-10-8-9-13-16(14)17(19)18(4-2)15-11-6-5-7-12-15/h3-13H,1-2H2. The summed E-state index contributed by atoms with van der Waals surface area (Å²) in [6, 6.07) is 17.9. The second-order valence-electron chi connectivity index (χ2n) is 3.98. The predicted molar refractivity (Wildman–Crippen MR) is 87.4 cm³/mol. The van der Waals surface area contributed by atoms with Crippen LogP contribution < -0.4 is 4.90 Å². The van der Waals surface area contributed by atoms with E-state index in [0.29, 0.717) is 0 Å². The summed E-state index contributed by atoms with van der Waals surface area (Å²) in [7, 11) is 0. The summed E-state index contributed by atoms with van der Waals surface area (Å²) in [5.74, 6) is 0. The van der Waals surface area contributed by atoms with Gasteiger partial charge in [-0.1, -0.05) is 73.9 Å². The molecule has 2 aromatic carbocycles. The SMILES string of the molecule is C=Cc1ccccc1C(=S)N(C=C)c1ccccc1. The van der Waals surface area contributed by atoms with Crippen LogP contribution in [0.1, 0.15) is 11.1 Å². The Morgan fingerprint density at radius 1 is 0.947 bits per heavy atom. The average Bonchev–Trinajstić information content (AvgIpc) is 2.49. The first-order valence-electron chi connectivity index (χ1n) is 6.00. The van der Waals surface area contributed by atoms with Crippen LogP contribution >= 0.6 is 12.2 Å². The number of benzene rings is 2. The fourth-order valence-electron chi connectivity index (χ4n) is 1.89. The topological polar surface area (TPSA) is 3.24 Å². The van der Waals surface area contributed by atoms with Crippen LogP contribution in [0.4, 0.5) is 5.69 Å². The second-order valence-corrected chi connectivity index (χ2v) is 4.37. The monoisotopic (exact) mass is 265 g/mol. The lowest BCUT2D eigenvalue weighted by atomic mass is 10.1. The minimum absolute atomic E-state index is 0.719. The van der Waals surface area contributed by atoms with Gasteiger partial charge in [-0.15, -0.1) is 0 Å². The molecule has 19 heavy (non-hydrogen) atoms. The van der Waals surface area contributed by atoms with Crippen molar-refractivity contribution in [3.63, 3.8) is 0 Å². The summed E-state index contributed by atoms with van der Waals surface area (Å²) < 4.78 is 0. The third kappa shape index (κ3) is 2.80. The Labute approximate surface area is 119 Å². The van der Waals surface area contributed by atoms with Gasteiger partial charge in [0, 0.05) is 17.5 Å². The van der Waals surface area contributed by atoms with Gasteiger partial charge in [0.2, 0.25) is 0 Å². The van der Waals surface area contributed by atoms with Crippen LogP contribution in [0, 0.1) is 0 Å². The third-order valence-corrected chi connectivity index (χ3v) is 3.26. The molecule has 0 aromatic heterocycles. The zero-order valence-electron chi connectivity index (χ0n) is 10.6. The smallest absolute Gasteiger partial charge is 0.118 e. The molecule has 0 aliphatic carbocycles. The molecule has 0 aliphatic heterocycles. The van der Waals surface area contributed by atoms with Crippen LogP contribution in [-0.2, 0) is 0 Å². The Bertz CT molecular complexity index is 602. The molecule has 0 radical (unpaired) electrons. The molecular weight excluding hydrogens is 250 g/mol. The molecule has 2 aromatic rings. The van der Waals surface area contributed by atoms with E-state index in [4.69, 9.17) is 12.2 Å². The van der Waals surface area contributed by atoms with Crippen molar-refractivity contribution in [2.75, 3.05) is 4.90 Å². The molecule has 94 valence electrons. The van der Waals surface area contributed by atoms with Gasteiger partial charge in [0.25, 0.3) is 0 Å². The highest BCUT2D eigenvalue weighted by atomic mass is 32.1. The van der Waals surface area contributed by atoms with Crippen LogP contribution in [0.15, 0.2) is 74.0 Å². The molecule has 0 saturated heterocycles. The summed E-state index contributed by atoms with van der Waals surface area (Å²) in [4.78, 5) is 2.62. The van der Waals surface area contributed by atoms with E-state index < -0.39 is 0 Å². The van der Waals surface area contributed by atoms with Crippen LogP contribution in [0.25, 0.3) is 6.08 Å². The molecule has 0 N–H and O–H groups in total. The molecule has 0 heterocycles. The maximum atomic E-state index is 5.58. The quantitative estimate of drug-likeness (QED) is 0.740. The van der Waals surface area contributed by atoms with Gasteiger partial charge in [-0.2, -0.15) is 0 Å². The maximum absolute atomic E-state index is 5.58. The largest absolute Gasteiger partial charge is 0.308 e. The van der Waals surface area contributed by atoms with Gasteiger partial charge in [0.15, 0.2) is 0 Å². The van der Waals surface area contributed by atoms with Gasteiger partial charge < -0.3 is 4.90 Å². The number of hydrogen-bond donors (Lipinski definition) is 0. The van der Waals surface area contributed by atoms with E-state index in [-0.39, 0.29) is 0 Å². The molecule has 2 rings (SSSR count). The lowest BCUT2D eigenvalue weighted by Crippen LogP contribution is -2.24. The van der Waals surface area contributed by atoms with Crippen LogP contribution in [-0.4, -0.2) is 4.99 Å². The summed E-state index contributed by atoms with van der Waals surface area (Å²) >= 11 is 5.58. The number of anilines is 1. The van der Waals surface area contributed by atoms with Crippen molar-refractivity contribution in [1.82, 2.24) is 0 Å². The van der Waals surface area contributed by atoms with Gasteiger partial charge in [0.1, 0.15) is 4.99 Å². The van der Waals surface area contributed by atoms with Crippen molar-refractivity contribution in [2.24, 2.45) is 0 Å². The molecular formula is C17H15NS. The fourth-order valence-corrected chi connectivity index (χ4v) is 2.26. The first-order valence-corrected chi connectivity index (χ1v) is 6.41. The van der Waals surface area contributed by atoms with Crippen LogP contribution in [0.5, 0.6) is 0 Å². The molecule has 0 fully saturated rings. The predicted octanol–water partition coefficient (Wildman–Crippen LogP) is 4.66. The second kappa shape index (κ2) is 6.12. The van der Waals surface area contributed by atoms with Crippen molar-refractivity contribution in [1.29, 1.82) is 0 Å². The molecule has 1 nitrogen and oxygen atoms in total. The van der Waals surface area contributed by atoms with Crippen molar-refractivity contribution in [2.45, 2.75) is 0 Å². The highest BCUT2D eigenvalue weighted by Gasteiger charge is 2.12. The molecule has 0 amide bonds. The molecule has 0 bridgehead atoms. The minimum Gasteiger partial charge on any atom is -0.308 e.